The maximum Gasteiger partial charge on any atom is 0.225 e. The second-order valence-electron chi connectivity index (χ2n) is 6.23. The lowest BCUT2D eigenvalue weighted by molar-refractivity contribution is -0.132. The Morgan fingerprint density at radius 1 is 1.29 bits per heavy atom. The van der Waals surface area contributed by atoms with Crippen LogP contribution in [0, 0.1) is 5.41 Å². The summed E-state index contributed by atoms with van der Waals surface area (Å²) in [4.78, 5) is 24.0. The van der Waals surface area contributed by atoms with E-state index in [1.54, 1.807) is 0 Å². The third-order valence-electron chi connectivity index (χ3n) is 4.86. The molecule has 0 bridgehead atoms. The molecule has 0 spiro atoms. The number of hydrogen-bond acceptors (Lipinski definition) is 5. The number of aromatic amines is 1. The predicted molar refractivity (Wildman–Crippen MR) is 91.6 cm³/mol. The number of benzene rings is 1. The maximum absolute atomic E-state index is 12.0. The molecule has 0 atom stereocenters. The van der Waals surface area contributed by atoms with Crippen molar-refractivity contribution < 1.29 is 9.53 Å². The van der Waals surface area contributed by atoms with Crippen LogP contribution >= 0.6 is 0 Å². The van der Waals surface area contributed by atoms with Gasteiger partial charge in [0.1, 0.15) is 17.8 Å². The van der Waals surface area contributed by atoms with Crippen LogP contribution in [0.15, 0.2) is 30.6 Å². The molecule has 1 aromatic carbocycles. The number of amides is 1. The molecule has 7 nitrogen and oxygen atoms in total. The Morgan fingerprint density at radius 3 is 2.88 bits per heavy atom. The molecular formula is C17H19N5O2. The fourth-order valence-corrected chi connectivity index (χ4v) is 3.33. The monoisotopic (exact) mass is 325 g/mol. The highest BCUT2D eigenvalue weighted by Gasteiger charge is 2.38. The second kappa shape index (κ2) is 5.76. The summed E-state index contributed by atoms with van der Waals surface area (Å²) in [5.74, 6) is 0.423. The van der Waals surface area contributed by atoms with Crippen LogP contribution in [-0.4, -0.2) is 40.6 Å². The Labute approximate surface area is 138 Å². The Hall–Kier alpha value is -2.67. The van der Waals surface area contributed by atoms with Crippen molar-refractivity contribution in [2.75, 3.05) is 25.1 Å². The number of carbonyl (C=O) groups is 1. The second-order valence-corrected chi connectivity index (χ2v) is 6.23. The van der Waals surface area contributed by atoms with Crippen LogP contribution in [0.5, 0.6) is 0 Å². The fraction of sp³-hybridized carbons (Fsp3) is 0.353. The van der Waals surface area contributed by atoms with E-state index in [-0.39, 0.29) is 5.91 Å². The molecule has 24 heavy (non-hydrogen) atoms. The van der Waals surface area contributed by atoms with E-state index in [2.05, 4.69) is 20.3 Å². The Morgan fingerprint density at radius 2 is 2.08 bits per heavy atom. The lowest BCUT2D eigenvalue weighted by Gasteiger charge is -2.34. The molecule has 0 radical (unpaired) electrons. The molecule has 2 aromatic heterocycles. The van der Waals surface area contributed by atoms with Crippen molar-refractivity contribution in [3.05, 3.63) is 30.6 Å². The van der Waals surface area contributed by atoms with Gasteiger partial charge in [0.15, 0.2) is 0 Å². The van der Waals surface area contributed by atoms with Crippen LogP contribution in [0.3, 0.4) is 0 Å². The topological polar surface area (TPSA) is 106 Å². The highest BCUT2D eigenvalue weighted by molar-refractivity contribution is 6.10. The van der Waals surface area contributed by atoms with Gasteiger partial charge >= 0.3 is 0 Å². The Kier molecular flexibility index (Phi) is 3.57. The lowest BCUT2D eigenvalue weighted by atomic mass is 9.79. The van der Waals surface area contributed by atoms with Crippen LogP contribution < -0.4 is 11.1 Å². The van der Waals surface area contributed by atoms with Crippen molar-refractivity contribution in [2.45, 2.75) is 12.8 Å². The van der Waals surface area contributed by atoms with E-state index < -0.39 is 5.41 Å². The number of H-pyrrole nitrogens is 1. The molecule has 0 saturated carbocycles. The number of primary amides is 1. The van der Waals surface area contributed by atoms with Gasteiger partial charge in [0.05, 0.1) is 10.8 Å². The molecule has 1 fully saturated rings. The summed E-state index contributed by atoms with van der Waals surface area (Å²) in [5, 5.41) is 5.31. The highest BCUT2D eigenvalue weighted by Crippen LogP contribution is 2.33. The van der Waals surface area contributed by atoms with Gasteiger partial charge in [-0.2, -0.15) is 0 Å². The molecule has 124 valence electrons. The zero-order valence-corrected chi connectivity index (χ0v) is 13.2. The van der Waals surface area contributed by atoms with Crippen molar-refractivity contribution >= 4 is 33.7 Å². The van der Waals surface area contributed by atoms with E-state index in [4.69, 9.17) is 10.5 Å². The third kappa shape index (κ3) is 2.37. The maximum atomic E-state index is 12.0. The summed E-state index contributed by atoms with van der Waals surface area (Å²) >= 11 is 0. The lowest BCUT2D eigenvalue weighted by Crippen LogP contribution is -2.46. The van der Waals surface area contributed by atoms with Crippen LogP contribution in [-0.2, 0) is 9.53 Å². The average molecular weight is 325 g/mol. The van der Waals surface area contributed by atoms with Crippen molar-refractivity contribution in [1.29, 1.82) is 0 Å². The molecule has 3 aromatic rings. The summed E-state index contributed by atoms with van der Waals surface area (Å²) in [6, 6.07) is 7.99. The van der Waals surface area contributed by atoms with E-state index in [0.717, 1.165) is 21.9 Å². The first kappa shape index (κ1) is 14.9. The molecule has 1 aliphatic heterocycles. The standard InChI is InChI=1S/C17H19N5O2/c18-16(23)17(5-7-24-8-6-17)9-19-14-13-11-3-1-2-4-12(11)22-15(13)21-10-20-14/h1-4,10H,5-9H2,(H2,18,23)(H2,19,20,21,22). The smallest absolute Gasteiger partial charge is 0.225 e. The minimum atomic E-state index is -0.596. The average Bonchev–Trinajstić information content (AvgIpc) is 3.00. The van der Waals surface area contributed by atoms with Crippen LogP contribution in [0.2, 0.25) is 0 Å². The van der Waals surface area contributed by atoms with Crippen molar-refractivity contribution in [1.82, 2.24) is 15.0 Å². The normalized spacial score (nSPS) is 17.2. The van der Waals surface area contributed by atoms with Gasteiger partial charge in [-0.05, 0) is 18.9 Å². The van der Waals surface area contributed by atoms with E-state index in [1.807, 2.05) is 24.3 Å². The van der Waals surface area contributed by atoms with Gasteiger partial charge in [0, 0.05) is 30.7 Å². The van der Waals surface area contributed by atoms with Gasteiger partial charge in [-0.3, -0.25) is 4.79 Å². The summed E-state index contributed by atoms with van der Waals surface area (Å²) in [7, 11) is 0. The summed E-state index contributed by atoms with van der Waals surface area (Å²) in [5.41, 5.74) is 6.86. The Balaban J connectivity index is 1.70. The number of nitrogens with zero attached hydrogens (tertiary/aromatic N) is 2. The summed E-state index contributed by atoms with van der Waals surface area (Å²) in [6.07, 6.45) is 2.76. The zero-order valence-electron chi connectivity index (χ0n) is 13.2. The van der Waals surface area contributed by atoms with Gasteiger partial charge < -0.3 is 20.8 Å². The first-order valence-electron chi connectivity index (χ1n) is 8.03. The molecule has 3 heterocycles. The molecule has 4 N–H and O–H groups in total. The van der Waals surface area contributed by atoms with E-state index >= 15 is 0 Å². The number of aromatic nitrogens is 3. The molecular weight excluding hydrogens is 306 g/mol. The van der Waals surface area contributed by atoms with Crippen LogP contribution in [0.4, 0.5) is 5.82 Å². The molecule has 7 heteroatoms. The molecule has 0 aliphatic carbocycles. The number of rotatable bonds is 4. The molecule has 0 unspecified atom stereocenters. The van der Waals surface area contributed by atoms with Gasteiger partial charge in [0.25, 0.3) is 0 Å². The first-order valence-corrected chi connectivity index (χ1v) is 8.03. The quantitative estimate of drug-likeness (QED) is 0.678. The summed E-state index contributed by atoms with van der Waals surface area (Å²) < 4.78 is 5.38. The number of nitrogens with two attached hydrogens (primary N) is 1. The molecule has 4 rings (SSSR count). The number of hydrogen-bond donors (Lipinski definition) is 3. The largest absolute Gasteiger partial charge is 0.381 e. The van der Waals surface area contributed by atoms with E-state index in [1.165, 1.54) is 6.33 Å². The molecule has 1 aliphatic rings. The predicted octanol–water partition coefficient (Wildman–Crippen LogP) is 1.81. The zero-order chi connectivity index (χ0) is 16.6. The summed E-state index contributed by atoms with van der Waals surface area (Å²) in [6.45, 7) is 1.55. The van der Waals surface area contributed by atoms with Gasteiger partial charge in [-0.15, -0.1) is 0 Å². The highest BCUT2D eigenvalue weighted by atomic mass is 16.5. The number of ether oxygens (including phenoxy) is 1. The number of anilines is 1. The number of fused-ring (bicyclic) bond motifs is 3. The number of para-hydroxylation sites is 1. The first-order chi connectivity index (χ1) is 11.7. The molecule has 1 amide bonds. The van der Waals surface area contributed by atoms with Crippen LogP contribution in [0.1, 0.15) is 12.8 Å². The van der Waals surface area contributed by atoms with E-state index in [0.29, 0.717) is 38.4 Å². The SMILES string of the molecule is NC(=O)C1(CNc2ncnc3[nH]c4ccccc4c23)CCOCC1. The minimum absolute atomic E-state index is 0.289. The van der Waals surface area contributed by atoms with Gasteiger partial charge in [-0.1, -0.05) is 18.2 Å². The number of carbonyl (C=O) groups excluding carboxylic acids is 1. The van der Waals surface area contributed by atoms with Crippen molar-refractivity contribution in [2.24, 2.45) is 11.1 Å². The fourth-order valence-electron chi connectivity index (χ4n) is 3.33. The third-order valence-corrected chi connectivity index (χ3v) is 4.86. The molecule has 1 saturated heterocycles. The van der Waals surface area contributed by atoms with Crippen LogP contribution in [0.25, 0.3) is 21.9 Å². The van der Waals surface area contributed by atoms with E-state index in [9.17, 15) is 4.79 Å². The van der Waals surface area contributed by atoms with Gasteiger partial charge in [0.2, 0.25) is 5.91 Å². The Bertz CT molecular complexity index is 898. The number of nitrogens with one attached hydrogen (secondary N) is 2. The van der Waals surface area contributed by atoms with Crippen molar-refractivity contribution in [3.8, 4) is 0 Å². The van der Waals surface area contributed by atoms with Crippen molar-refractivity contribution in [3.63, 3.8) is 0 Å². The minimum Gasteiger partial charge on any atom is -0.381 e. The van der Waals surface area contributed by atoms with Gasteiger partial charge in [-0.25, -0.2) is 9.97 Å².